The molecule has 2 aromatic carbocycles. The van der Waals surface area contributed by atoms with Crippen molar-refractivity contribution in [3.63, 3.8) is 0 Å². The van der Waals surface area contributed by atoms with Gasteiger partial charge in [0.2, 0.25) is 0 Å². The maximum absolute atomic E-state index is 13.3. The molecular formula is C23H20Br4N2O5. The van der Waals surface area contributed by atoms with E-state index in [1.807, 2.05) is 32.0 Å². The van der Waals surface area contributed by atoms with E-state index in [-0.39, 0.29) is 11.1 Å². The summed E-state index contributed by atoms with van der Waals surface area (Å²) in [5.41, 5.74) is 2.73. The van der Waals surface area contributed by atoms with Crippen molar-refractivity contribution in [1.82, 2.24) is 4.90 Å². The standard InChI is InChI=1S/C23H20Br4N2O5/c1-9(2)20(23(33)34-8-13(30)28-12-7-10(3)5-6-11(12)4)29-21(31)14-15(22(29)32)17(25)19(27)18(26)16(14)24/h5-7,9,20H,8H2,1-4H3,(H,28,30)/t20-/m1/s1. The summed E-state index contributed by atoms with van der Waals surface area (Å²) in [6.07, 6.45) is 0. The van der Waals surface area contributed by atoms with E-state index in [9.17, 15) is 19.2 Å². The average Bonchev–Trinajstić information content (AvgIpc) is 3.02. The van der Waals surface area contributed by atoms with E-state index < -0.39 is 42.3 Å². The lowest BCUT2D eigenvalue weighted by molar-refractivity contribution is -0.152. The van der Waals surface area contributed by atoms with Gasteiger partial charge in [-0.25, -0.2) is 4.79 Å². The first kappa shape index (κ1) is 27.0. The molecule has 0 saturated carbocycles. The molecule has 2 aromatic rings. The molecule has 0 bridgehead atoms. The summed E-state index contributed by atoms with van der Waals surface area (Å²) < 4.78 is 7.13. The lowest BCUT2D eigenvalue weighted by Gasteiger charge is -2.27. The zero-order valence-corrected chi connectivity index (χ0v) is 24.9. The Bertz CT molecular complexity index is 1180. The second-order valence-corrected chi connectivity index (χ2v) is 11.3. The minimum absolute atomic E-state index is 0.137. The van der Waals surface area contributed by atoms with Crippen molar-refractivity contribution in [2.45, 2.75) is 33.7 Å². The van der Waals surface area contributed by atoms with Crippen LogP contribution >= 0.6 is 63.7 Å². The molecule has 0 aliphatic carbocycles. The van der Waals surface area contributed by atoms with Crippen LogP contribution in [0.3, 0.4) is 0 Å². The van der Waals surface area contributed by atoms with Crippen molar-refractivity contribution >= 4 is 93.1 Å². The Morgan fingerprint density at radius 3 is 1.97 bits per heavy atom. The molecule has 3 amide bonds. The molecule has 1 N–H and O–H groups in total. The molecule has 0 fully saturated rings. The maximum atomic E-state index is 13.3. The van der Waals surface area contributed by atoms with E-state index >= 15 is 0 Å². The fraction of sp³-hybridized carbons (Fsp3) is 0.304. The van der Waals surface area contributed by atoms with Gasteiger partial charge in [-0.1, -0.05) is 26.0 Å². The Labute approximate surface area is 230 Å². The van der Waals surface area contributed by atoms with Crippen molar-refractivity contribution in [1.29, 1.82) is 0 Å². The summed E-state index contributed by atoms with van der Waals surface area (Å²) in [7, 11) is 0. The number of nitrogens with one attached hydrogen (secondary N) is 1. The van der Waals surface area contributed by atoms with E-state index in [0.717, 1.165) is 16.0 Å². The van der Waals surface area contributed by atoms with Gasteiger partial charge in [0.15, 0.2) is 6.61 Å². The van der Waals surface area contributed by atoms with Crippen LogP contribution in [0.1, 0.15) is 45.7 Å². The summed E-state index contributed by atoms with van der Waals surface area (Å²) in [4.78, 5) is 52.9. The molecule has 1 atom stereocenters. The van der Waals surface area contributed by atoms with Crippen LogP contribution in [0.25, 0.3) is 0 Å². The molecule has 34 heavy (non-hydrogen) atoms. The number of rotatable bonds is 6. The number of ether oxygens (including phenoxy) is 1. The zero-order valence-electron chi connectivity index (χ0n) is 18.6. The fourth-order valence-electron chi connectivity index (χ4n) is 3.57. The highest BCUT2D eigenvalue weighted by Crippen LogP contribution is 2.46. The zero-order chi connectivity index (χ0) is 25.5. The van der Waals surface area contributed by atoms with Gasteiger partial charge in [-0.05, 0) is 101 Å². The Hall–Kier alpha value is -1.56. The Morgan fingerprint density at radius 2 is 1.47 bits per heavy atom. The topological polar surface area (TPSA) is 92.8 Å². The van der Waals surface area contributed by atoms with Crippen LogP contribution in [0.15, 0.2) is 36.1 Å². The van der Waals surface area contributed by atoms with Gasteiger partial charge in [-0.15, -0.1) is 0 Å². The molecule has 0 aromatic heterocycles. The Morgan fingerprint density at radius 1 is 0.941 bits per heavy atom. The summed E-state index contributed by atoms with van der Waals surface area (Å²) in [6, 6.07) is 4.41. The predicted octanol–water partition coefficient (Wildman–Crippen LogP) is 6.16. The van der Waals surface area contributed by atoms with Crippen LogP contribution in [-0.2, 0) is 14.3 Å². The van der Waals surface area contributed by atoms with Gasteiger partial charge in [0, 0.05) is 23.6 Å². The largest absolute Gasteiger partial charge is 0.454 e. The molecule has 3 rings (SSSR count). The van der Waals surface area contributed by atoms with Crippen LogP contribution in [0, 0.1) is 19.8 Å². The Kier molecular flexibility index (Phi) is 8.42. The third-order valence-corrected chi connectivity index (χ3v) is 10.1. The van der Waals surface area contributed by atoms with Gasteiger partial charge in [-0.2, -0.15) is 0 Å². The molecule has 0 unspecified atom stereocenters. The molecular weight excluding hydrogens is 704 g/mol. The summed E-state index contributed by atoms with van der Waals surface area (Å²) >= 11 is 13.5. The normalized spacial score (nSPS) is 13.9. The van der Waals surface area contributed by atoms with E-state index in [1.54, 1.807) is 13.8 Å². The van der Waals surface area contributed by atoms with Crippen LogP contribution in [-0.4, -0.2) is 41.2 Å². The number of benzene rings is 2. The summed E-state index contributed by atoms with van der Waals surface area (Å²) in [5, 5.41) is 2.72. The van der Waals surface area contributed by atoms with E-state index in [1.165, 1.54) is 0 Å². The average molecular weight is 724 g/mol. The van der Waals surface area contributed by atoms with Gasteiger partial charge in [0.05, 0.1) is 11.1 Å². The number of fused-ring (bicyclic) bond motifs is 1. The monoisotopic (exact) mass is 720 g/mol. The van der Waals surface area contributed by atoms with Gasteiger partial charge in [0.1, 0.15) is 6.04 Å². The number of aryl methyl sites for hydroxylation is 2. The third-order valence-electron chi connectivity index (χ3n) is 5.30. The first-order valence-corrected chi connectivity index (χ1v) is 13.3. The van der Waals surface area contributed by atoms with E-state index in [0.29, 0.717) is 23.6 Å². The smallest absolute Gasteiger partial charge is 0.330 e. The number of carbonyl (C=O) groups is 4. The lowest BCUT2D eigenvalue weighted by Crippen LogP contribution is -2.49. The molecule has 1 heterocycles. The minimum atomic E-state index is -1.21. The van der Waals surface area contributed by atoms with Crippen molar-refractivity contribution in [3.05, 3.63) is 58.3 Å². The number of imide groups is 1. The number of nitrogens with zero attached hydrogens (tertiary/aromatic N) is 1. The molecule has 0 radical (unpaired) electrons. The van der Waals surface area contributed by atoms with Crippen LogP contribution in [0.2, 0.25) is 0 Å². The number of halogens is 4. The number of hydrogen-bond donors (Lipinski definition) is 1. The van der Waals surface area contributed by atoms with Crippen molar-refractivity contribution in [2.24, 2.45) is 5.92 Å². The maximum Gasteiger partial charge on any atom is 0.330 e. The summed E-state index contributed by atoms with van der Waals surface area (Å²) in [6.45, 7) is 6.59. The minimum Gasteiger partial charge on any atom is -0.454 e. The van der Waals surface area contributed by atoms with Crippen LogP contribution in [0.5, 0.6) is 0 Å². The SMILES string of the molecule is Cc1ccc(C)c(NC(=O)COC(=O)[C@@H](C(C)C)N2C(=O)c3c(Br)c(Br)c(Br)c(Br)c3C2=O)c1. The summed E-state index contributed by atoms with van der Waals surface area (Å²) in [5.74, 6) is -3.08. The number of carbonyl (C=O) groups excluding carboxylic acids is 4. The molecule has 7 nitrogen and oxygen atoms in total. The van der Waals surface area contributed by atoms with Gasteiger partial charge in [0.25, 0.3) is 17.7 Å². The molecule has 0 spiro atoms. The second kappa shape index (κ2) is 10.6. The van der Waals surface area contributed by atoms with E-state index in [4.69, 9.17) is 4.74 Å². The first-order chi connectivity index (χ1) is 15.9. The highest BCUT2D eigenvalue weighted by molar-refractivity contribution is 9.15. The molecule has 1 aliphatic rings. The number of amides is 3. The highest BCUT2D eigenvalue weighted by Gasteiger charge is 2.47. The van der Waals surface area contributed by atoms with Crippen LogP contribution < -0.4 is 5.32 Å². The quantitative estimate of drug-likeness (QED) is 0.167. The third kappa shape index (κ3) is 5.03. The van der Waals surface area contributed by atoms with Gasteiger partial charge >= 0.3 is 5.97 Å². The number of esters is 1. The molecule has 0 saturated heterocycles. The van der Waals surface area contributed by atoms with Crippen molar-refractivity contribution in [3.8, 4) is 0 Å². The highest BCUT2D eigenvalue weighted by atomic mass is 79.9. The van der Waals surface area contributed by atoms with Crippen molar-refractivity contribution in [2.75, 3.05) is 11.9 Å². The molecule has 1 aliphatic heterocycles. The van der Waals surface area contributed by atoms with Crippen molar-refractivity contribution < 1.29 is 23.9 Å². The number of anilines is 1. The molecule has 11 heteroatoms. The Balaban J connectivity index is 1.81. The first-order valence-electron chi connectivity index (χ1n) is 10.1. The lowest BCUT2D eigenvalue weighted by atomic mass is 10.0. The fourth-order valence-corrected chi connectivity index (χ4v) is 6.03. The second-order valence-electron chi connectivity index (χ2n) is 8.15. The van der Waals surface area contributed by atoms with Crippen LogP contribution in [0.4, 0.5) is 5.69 Å². The molecule has 180 valence electrons. The van der Waals surface area contributed by atoms with Gasteiger partial charge < -0.3 is 10.1 Å². The number of hydrogen-bond acceptors (Lipinski definition) is 5. The van der Waals surface area contributed by atoms with E-state index in [2.05, 4.69) is 69.0 Å². The predicted molar refractivity (Wildman–Crippen MR) is 142 cm³/mol. The van der Waals surface area contributed by atoms with Gasteiger partial charge in [-0.3, -0.25) is 19.3 Å².